The molecule has 1 aromatic heterocycles. The van der Waals surface area contributed by atoms with Crippen molar-refractivity contribution in [1.82, 2.24) is 14.9 Å². The number of hydrogen-bond acceptors (Lipinski definition) is 3. The predicted molar refractivity (Wildman–Crippen MR) is 87.5 cm³/mol. The van der Waals surface area contributed by atoms with Crippen molar-refractivity contribution in [3.63, 3.8) is 0 Å². The second-order valence-corrected chi connectivity index (χ2v) is 5.82. The molecule has 0 fully saturated rings. The van der Waals surface area contributed by atoms with E-state index in [0.29, 0.717) is 0 Å². The minimum absolute atomic E-state index is 0.818. The number of aryl methyl sites for hydroxylation is 1. The summed E-state index contributed by atoms with van der Waals surface area (Å²) in [5.41, 5.74) is 1.96. The quantitative estimate of drug-likeness (QED) is 0.893. The summed E-state index contributed by atoms with van der Waals surface area (Å²) in [5, 5.41) is 3.17. The van der Waals surface area contributed by atoms with E-state index in [9.17, 15) is 0 Å². The molecule has 0 aromatic carbocycles. The number of aromatic nitrogens is 2. The Morgan fingerprint density at radius 3 is 2.30 bits per heavy atom. The molecule has 4 heteroatoms. The molecule has 0 saturated carbocycles. The molecule has 0 unspecified atom stereocenters. The molecule has 1 aliphatic heterocycles. The maximum atomic E-state index is 4.58. The van der Waals surface area contributed by atoms with Gasteiger partial charge in [0.15, 0.2) is 5.82 Å². The monoisotopic (exact) mass is 276 g/mol. The lowest BCUT2D eigenvalue weighted by Gasteiger charge is -2.29. The van der Waals surface area contributed by atoms with Gasteiger partial charge in [0.25, 0.3) is 0 Å². The number of rotatable bonds is 2. The first-order valence-electron chi connectivity index (χ1n) is 7.25. The fourth-order valence-electron chi connectivity index (χ4n) is 2.02. The first-order valence-corrected chi connectivity index (χ1v) is 7.25. The number of anilines is 1. The minimum atomic E-state index is 0.818. The zero-order valence-corrected chi connectivity index (χ0v) is 13.7. The van der Waals surface area contributed by atoms with Crippen LogP contribution in [0.5, 0.6) is 0 Å². The average Bonchev–Trinajstić information content (AvgIpc) is 2.65. The first-order chi connectivity index (χ1) is 9.29. The molecule has 0 saturated heterocycles. The first kappa shape index (κ1) is 16.3. The van der Waals surface area contributed by atoms with Gasteiger partial charge in [-0.2, -0.15) is 0 Å². The van der Waals surface area contributed by atoms with E-state index < -0.39 is 0 Å². The molecule has 0 aliphatic carbocycles. The number of nitrogens with zero attached hydrogens (tertiary/aromatic N) is 3. The van der Waals surface area contributed by atoms with Crippen LogP contribution < -0.4 is 10.2 Å². The van der Waals surface area contributed by atoms with Crippen molar-refractivity contribution >= 4 is 11.5 Å². The lowest BCUT2D eigenvalue weighted by Crippen LogP contribution is -2.32. The van der Waals surface area contributed by atoms with Crippen molar-refractivity contribution in [2.45, 2.75) is 47.6 Å². The molecule has 0 atom stereocenters. The van der Waals surface area contributed by atoms with Gasteiger partial charge in [-0.25, -0.2) is 4.98 Å². The lowest BCUT2D eigenvalue weighted by molar-refractivity contribution is 0.647. The maximum Gasteiger partial charge on any atom is 0.162 e. The summed E-state index contributed by atoms with van der Waals surface area (Å²) in [5.74, 6) is 3.62. The number of imidazole rings is 1. The van der Waals surface area contributed by atoms with Crippen LogP contribution in [0.2, 0.25) is 0 Å². The summed E-state index contributed by atoms with van der Waals surface area (Å²) in [7, 11) is 1.96. The van der Waals surface area contributed by atoms with Crippen molar-refractivity contribution in [3.05, 3.63) is 30.5 Å². The van der Waals surface area contributed by atoms with Crippen LogP contribution in [0, 0.1) is 12.8 Å². The molecule has 1 N–H and O–H groups in total. The van der Waals surface area contributed by atoms with Crippen LogP contribution in [-0.2, 0) is 6.54 Å². The second kappa shape index (κ2) is 6.64. The number of hydrogen-bond donors (Lipinski definition) is 1. The standard InChI is InChI=1S/C12H18N4.C4H10/c1-6-7-16-10(4)14-12-11(16)8(2)13-9(3)15(12)5;1-4(2)3/h13H,2-3,6-7H2,1,4-5H3;4H,1-3H3. The largest absolute Gasteiger partial charge is 0.341 e. The highest BCUT2D eigenvalue weighted by Gasteiger charge is 2.25. The van der Waals surface area contributed by atoms with E-state index in [1.54, 1.807) is 0 Å². The SMILES string of the molecule is C=C1NC(=C)N(C)c2nc(C)n(CCC)c21.CC(C)C. The summed E-state index contributed by atoms with van der Waals surface area (Å²) in [6.45, 7) is 19.6. The van der Waals surface area contributed by atoms with Gasteiger partial charge in [-0.15, -0.1) is 0 Å². The topological polar surface area (TPSA) is 33.1 Å². The molecule has 112 valence electrons. The van der Waals surface area contributed by atoms with Crippen LogP contribution in [0.25, 0.3) is 5.70 Å². The average molecular weight is 276 g/mol. The molecule has 0 amide bonds. The van der Waals surface area contributed by atoms with E-state index in [0.717, 1.165) is 47.7 Å². The van der Waals surface area contributed by atoms with Crippen LogP contribution in [0.15, 0.2) is 19.0 Å². The van der Waals surface area contributed by atoms with Crippen LogP contribution in [-0.4, -0.2) is 16.6 Å². The summed E-state index contributed by atoms with van der Waals surface area (Å²) in [6.07, 6.45) is 1.08. The van der Waals surface area contributed by atoms with Crippen LogP contribution in [0.3, 0.4) is 0 Å². The van der Waals surface area contributed by atoms with E-state index >= 15 is 0 Å². The molecule has 20 heavy (non-hydrogen) atoms. The predicted octanol–water partition coefficient (Wildman–Crippen LogP) is 3.75. The molecule has 1 aromatic rings. The summed E-state index contributed by atoms with van der Waals surface area (Å²) < 4.78 is 2.20. The van der Waals surface area contributed by atoms with Gasteiger partial charge in [0, 0.05) is 13.6 Å². The highest BCUT2D eigenvalue weighted by atomic mass is 15.3. The summed E-state index contributed by atoms with van der Waals surface area (Å²) >= 11 is 0. The van der Waals surface area contributed by atoms with Crippen molar-refractivity contribution in [2.24, 2.45) is 5.92 Å². The Balaban J connectivity index is 0.000000444. The Labute approximate surface area is 123 Å². The number of fused-ring (bicyclic) bond motifs is 1. The normalized spacial score (nSPS) is 13.8. The van der Waals surface area contributed by atoms with E-state index in [-0.39, 0.29) is 0 Å². The Morgan fingerprint density at radius 1 is 1.25 bits per heavy atom. The van der Waals surface area contributed by atoms with E-state index in [2.05, 4.69) is 55.7 Å². The molecule has 0 bridgehead atoms. The highest BCUT2D eigenvalue weighted by Crippen LogP contribution is 2.31. The lowest BCUT2D eigenvalue weighted by atomic mass is 10.2. The van der Waals surface area contributed by atoms with Gasteiger partial charge in [-0.05, 0) is 19.3 Å². The van der Waals surface area contributed by atoms with Crippen LogP contribution >= 0.6 is 0 Å². The molecule has 2 rings (SSSR count). The van der Waals surface area contributed by atoms with Gasteiger partial charge >= 0.3 is 0 Å². The van der Waals surface area contributed by atoms with Crippen molar-refractivity contribution in [2.75, 3.05) is 11.9 Å². The minimum Gasteiger partial charge on any atom is -0.341 e. The van der Waals surface area contributed by atoms with Gasteiger partial charge in [0.2, 0.25) is 0 Å². The molecule has 0 spiro atoms. The van der Waals surface area contributed by atoms with E-state index in [1.807, 2.05) is 18.9 Å². The van der Waals surface area contributed by atoms with Gasteiger partial charge in [-0.1, -0.05) is 40.9 Å². The zero-order chi connectivity index (χ0) is 15.4. The molecule has 2 heterocycles. The Kier molecular flexibility index (Phi) is 5.43. The second-order valence-electron chi connectivity index (χ2n) is 5.82. The van der Waals surface area contributed by atoms with Crippen LogP contribution in [0.1, 0.15) is 45.6 Å². The fraction of sp³-hybridized carbons (Fsp3) is 0.562. The maximum absolute atomic E-state index is 4.58. The third kappa shape index (κ3) is 3.44. The van der Waals surface area contributed by atoms with Crippen molar-refractivity contribution in [3.8, 4) is 0 Å². The molecule has 4 nitrogen and oxygen atoms in total. The van der Waals surface area contributed by atoms with E-state index in [4.69, 9.17) is 0 Å². The van der Waals surface area contributed by atoms with Crippen molar-refractivity contribution in [1.29, 1.82) is 0 Å². The number of nitrogens with one attached hydrogen (secondary N) is 1. The molecule has 1 aliphatic rings. The highest BCUT2D eigenvalue weighted by molar-refractivity contribution is 5.76. The smallest absolute Gasteiger partial charge is 0.162 e. The third-order valence-corrected chi connectivity index (χ3v) is 2.89. The van der Waals surface area contributed by atoms with Gasteiger partial charge in [0.1, 0.15) is 17.3 Å². The third-order valence-electron chi connectivity index (χ3n) is 2.89. The van der Waals surface area contributed by atoms with E-state index in [1.165, 1.54) is 0 Å². The molecule has 0 radical (unpaired) electrons. The summed E-state index contributed by atoms with van der Waals surface area (Å²) in [4.78, 5) is 6.54. The van der Waals surface area contributed by atoms with Gasteiger partial charge in [-0.3, -0.25) is 0 Å². The zero-order valence-electron chi connectivity index (χ0n) is 13.7. The van der Waals surface area contributed by atoms with Gasteiger partial charge < -0.3 is 14.8 Å². The Bertz CT molecular complexity index is 494. The Hall–Kier alpha value is -1.71. The molecular formula is C16H28N4. The van der Waals surface area contributed by atoms with Crippen LogP contribution in [0.4, 0.5) is 5.82 Å². The summed E-state index contributed by atoms with van der Waals surface area (Å²) in [6, 6.07) is 0. The van der Waals surface area contributed by atoms with Gasteiger partial charge in [0.05, 0.1) is 5.70 Å². The molecular weight excluding hydrogens is 248 g/mol. The Morgan fingerprint density at radius 2 is 1.80 bits per heavy atom. The fourth-order valence-corrected chi connectivity index (χ4v) is 2.02. The van der Waals surface area contributed by atoms with Crippen molar-refractivity contribution < 1.29 is 0 Å².